The third kappa shape index (κ3) is 4.72. The van der Waals surface area contributed by atoms with Crippen LogP contribution >= 0.6 is 0 Å². The summed E-state index contributed by atoms with van der Waals surface area (Å²) in [5.74, 6) is 1.23. The van der Waals surface area contributed by atoms with E-state index in [2.05, 4.69) is 24.9 Å². The van der Waals surface area contributed by atoms with Crippen LogP contribution < -0.4 is 0 Å². The second-order valence-corrected chi connectivity index (χ2v) is 7.56. The van der Waals surface area contributed by atoms with Crippen LogP contribution in [0.3, 0.4) is 0 Å². The van der Waals surface area contributed by atoms with Gasteiger partial charge in [-0.05, 0) is 73.0 Å². The number of aromatic nitrogens is 4. The average molecular weight is 436 g/mol. The molecule has 0 aliphatic heterocycles. The molecule has 0 amide bonds. The van der Waals surface area contributed by atoms with Gasteiger partial charge in [0.05, 0.1) is 6.20 Å². The van der Waals surface area contributed by atoms with Crippen molar-refractivity contribution in [3.8, 4) is 11.5 Å². The Hall–Kier alpha value is -4.52. The summed E-state index contributed by atoms with van der Waals surface area (Å²) < 4.78 is 15.8. The van der Waals surface area contributed by atoms with E-state index in [-0.39, 0.29) is 0 Å². The number of oxazole rings is 2. The largest absolute Gasteiger partial charge is 0.437 e. The van der Waals surface area contributed by atoms with Crippen LogP contribution in [0.4, 0.5) is 0 Å². The Bertz CT molecular complexity index is 1510. The van der Waals surface area contributed by atoms with Gasteiger partial charge in [-0.25, -0.2) is 9.97 Å². The van der Waals surface area contributed by atoms with E-state index in [9.17, 15) is 0 Å². The second kappa shape index (κ2) is 8.92. The van der Waals surface area contributed by atoms with Crippen molar-refractivity contribution in [2.45, 2.75) is 13.8 Å². The molecule has 162 valence electrons. The number of hydrogen-bond acceptors (Lipinski definition) is 7. The summed E-state index contributed by atoms with van der Waals surface area (Å²) in [6, 6.07) is 20.1. The van der Waals surface area contributed by atoms with Crippen LogP contribution in [0.1, 0.15) is 22.6 Å². The molecule has 0 aliphatic rings. The van der Waals surface area contributed by atoms with Gasteiger partial charge in [-0.1, -0.05) is 24.3 Å². The van der Waals surface area contributed by atoms with Crippen molar-refractivity contribution in [1.82, 2.24) is 20.3 Å². The van der Waals surface area contributed by atoms with E-state index in [1.54, 1.807) is 0 Å². The van der Waals surface area contributed by atoms with E-state index in [1.807, 2.05) is 86.7 Å². The summed E-state index contributed by atoms with van der Waals surface area (Å²) in [6.07, 6.45) is 6.74. The summed E-state index contributed by atoms with van der Waals surface area (Å²) in [6.45, 7) is 4.09. The van der Waals surface area contributed by atoms with E-state index in [4.69, 9.17) is 8.83 Å². The van der Waals surface area contributed by atoms with Gasteiger partial charge >= 0.3 is 0 Å². The van der Waals surface area contributed by atoms with Crippen molar-refractivity contribution in [2.75, 3.05) is 0 Å². The molecule has 0 aliphatic carbocycles. The van der Waals surface area contributed by atoms with Gasteiger partial charge in [0.25, 0.3) is 0 Å². The maximum Gasteiger partial charge on any atom is 0.227 e. The minimum Gasteiger partial charge on any atom is -0.437 e. The highest BCUT2D eigenvalue weighted by atomic mass is 16.5. The lowest BCUT2D eigenvalue weighted by Crippen LogP contribution is -1.78. The lowest BCUT2D eigenvalue weighted by Gasteiger charge is -1.96. The molecule has 0 N–H and O–H groups in total. The van der Waals surface area contributed by atoms with Crippen molar-refractivity contribution < 1.29 is 13.4 Å². The standard InChI is InChI=1S/C24H18N2O2.C2H2N2O/c1-15-3-10-21-19(13-15)25-23(27-21)12-7-17-5-8-18(9-6-17)24-26-20-14-16(2)4-11-22(20)28-24;1-2-5-4-3-1/h3-14H,1-2H3;1-2H. The molecule has 0 atom stereocenters. The molecule has 0 fully saturated rings. The fourth-order valence-corrected chi connectivity index (χ4v) is 3.33. The summed E-state index contributed by atoms with van der Waals surface area (Å²) in [5.41, 5.74) is 7.69. The van der Waals surface area contributed by atoms with E-state index >= 15 is 0 Å². The van der Waals surface area contributed by atoms with Crippen LogP contribution in [0.2, 0.25) is 0 Å². The Morgan fingerprint density at radius 1 is 0.727 bits per heavy atom. The van der Waals surface area contributed by atoms with Gasteiger partial charge in [-0.3, -0.25) is 0 Å². The minimum atomic E-state index is 0.596. The first kappa shape index (κ1) is 20.4. The van der Waals surface area contributed by atoms with Crippen LogP contribution in [0.25, 0.3) is 45.8 Å². The monoisotopic (exact) mass is 436 g/mol. The zero-order chi connectivity index (χ0) is 22.6. The zero-order valence-electron chi connectivity index (χ0n) is 18.1. The molecule has 3 aromatic carbocycles. The molecule has 6 aromatic rings. The van der Waals surface area contributed by atoms with Crippen LogP contribution in [-0.2, 0) is 0 Å². The van der Waals surface area contributed by atoms with Crippen LogP contribution in [0, 0.1) is 13.8 Å². The lowest BCUT2D eigenvalue weighted by atomic mass is 10.1. The molecule has 3 aromatic heterocycles. The minimum absolute atomic E-state index is 0.596. The molecule has 7 nitrogen and oxygen atoms in total. The SMILES string of the molecule is Cc1ccc2oc(C=Cc3ccc(-c4nc5cc(C)ccc5o4)cc3)nc2c1.c1conn1. The molecular weight excluding hydrogens is 416 g/mol. The third-order valence-corrected chi connectivity index (χ3v) is 4.96. The summed E-state index contributed by atoms with van der Waals surface area (Å²) in [5, 5.41) is 6.40. The lowest BCUT2D eigenvalue weighted by molar-refractivity contribution is 0.393. The normalized spacial score (nSPS) is 11.2. The van der Waals surface area contributed by atoms with E-state index < -0.39 is 0 Å². The van der Waals surface area contributed by atoms with Crippen molar-refractivity contribution >= 4 is 34.4 Å². The summed E-state index contributed by atoms with van der Waals surface area (Å²) in [7, 11) is 0. The second-order valence-electron chi connectivity index (χ2n) is 7.56. The smallest absolute Gasteiger partial charge is 0.227 e. The molecule has 0 saturated heterocycles. The maximum absolute atomic E-state index is 5.87. The number of hydrogen-bond donors (Lipinski definition) is 0. The van der Waals surface area contributed by atoms with Crippen molar-refractivity contribution in [3.05, 3.63) is 95.7 Å². The maximum atomic E-state index is 5.87. The van der Waals surface area contributed by atoms with Gasteiger partial charge in [-0.15, -0.1) is 5.10 Å². The van der Waals surface area contributed by atoms with Gasteiger partial charge < -0.3 is 13.4 Å². The van der Waals surface area contributed by atoms with Crippen LogP contribution in [0.5, 0.6) is 0 Å². The Morgan fingerprint density at radius 2 is 1.42 bits per heavy atom. The predicted molar refractivity (Wildman–Crippen MR) is 126 cm³/mol. The van der Waals surface area contributed by atoms with Gasteiger partial charge in [0, 0.05) is 16.9 Å². The van der Waals surface area contributed by atoms with Crippen LogP contribution in [-0.4, -0.2) is 20.3 Å². The molecule has 3 heterocycles. The number of rotatable bonds is 3. The van der Waals surface area contributed by atoms with Gasteiger partial charge in [0.2, 0.25) is 11.8 Å². The summed E-state index contributed by atoms with van der Waals surface area (Å²) >= 11 is 0. The van der Waals surface area contributed by atoms with Crippen molar-refractivity contribution in [1.29, 1.82) is 0 Å². The Balaban J connectivity index is 0.000000406. The average Bonchev–Trinajstić information content (AvgIpc) is 3.58. The molecule has 0 bridgehead atoms. The first-order chi connectivity index (χ1) is 16.1. The zero-order valence-corrected chi connectivity index (χ0v) is 18.1. The molecule has 0 unspecified atom stereocenters. The van der Waals surface area contributed by atoms with Crippen molar-refractivity contribution in [2.24, 2.45) is 0 Å². The first-order valence-corrected chi connectivity index (χ1v) is 10.4. The number of fused-ring (bicyclic) bond motifs is 2. The molecule has 0 spiro atoms. The predicted octanol–water partition coefficient (Wildman–Crippen LogP) is 6.49. The number of aryl methyl sites for hydroxylation is 2. The van der Waals surface area contributed by atoms with Gasteiger partial charge in [-0.2, -0.15) is 0 Å². The molecule has 0 radical (unpaired) electrons. The topological polar surface area (TPSA) is 91.0 Å². The van der Waals surface area contributed by atoms with Gasteiger partial charge in [0.15, 0.2) is 11.2 Å². The van der Waals surface area contributed by atoms with Crippen LogP contribution in [0.15, 0.2) is 86.5 Å². The molecule has 0 saturated carbocycles. The molecular formula is C26H20N4O3. The Kier molecular flexibility index (Phi) is 5.51. The van der Waals surface area contributed by atoms with Crippen molar-refractivity contribution in [3.63, 3.8) is 0 Å². The quantitative estimate of drug-likeness (QED) is 0.313. The van der Waals surface area contributed by atoms with E-state index in [0.717, 1.165) is 33.3 Å². The highest BCUT2D eigenvalue weighted by Gasteiger charge is 2.08. The van der Waals surface area contributed by atoms with E-state index in [1.165, 1.54) is 23.6 Å². The molecule has 6 rings (SSSR count). The fourth-order valence-electron chi connectivity index (χ4n) is 3.33. The van der Waals surface area contributed by atoms with Gasteiger partial charge in [0.1, 0.15) is 17.3 Å². The Labute approximate surface area is 189 Å². The first-order valence-electron chi connectivity index (χ1n) is 10.4. The van der Waals surface area contributed by atoms with E-state index in [0.29, 0.717) is 11.8 Å². The number of nitrogens with zero attached hydrogens (tertiary/aromatic N) is 4. The summed E-state index contributed by atoms with van der Waals surface area (Å²) in [4.78, 5) is 9.10. The third-order valence-electron chi connectivity index (χ3n) is 4.96. The molecule has 33 heavy (non-hydrogen) atoms. The number of benzene rings is 3. The highest BCUT2D eigenvalue weighted by Crippen LogP contribution is 2.25. The molecule has 7 heteroatoms. The Morgan fingerprint density at radius 3 is 2.06 bits per heavy atom. The highest BCUT2D eigenvalue weighted by molar-refractivity contribution is 5.78. The fraction of sp³-hybridized carbons (Fsp3) is 0.0769.